The summed E-state index contributed by atoms with van der Waals surface area (Å²) in [7, 11) is 3.88. The third-order valence-electron chi connectivity index (χ3n) is 5.20. The van der Waals surface area contributed by atoms with Crippen molar-refractivity contribution in [1.29, 1.82) is 0 Å². The minimum Gasteiger partial charge on any atom is -0.354 e. The van der Waals surface area contributed by atoms with Gasteiger partial charge in [-0.05, 0) is 24.3 Å². The zero-order valence-corrected chi connectivity index (χ0v) is 17.3. The Morgan fingerprint density at radius 1 is 0.933 bits per heavy atom. The highest BCUT2D eigenvalue weighted by Gasteiger charge is 2.19. The van der Waals surface area contributed by atoms with Gasteiger partial charge in [0.1, 0.15) is 5.82 Å². The lowest BCUT2D eigenvalue weighted by atomic mass is 10.2. The molecule has 0 N–H and O–H groups in total. The molecule has 3 aromatic rings. The Morgan fingerprint density at radius 2 is 1.70 bits per heavy atom. The molecular weight excluding hydrogens is 380 g/mol. The summed E-state index contributed by atoms with van der Waals surface area (Å²) in [6, 6.07) is 9.09. The van der Waals surface area contributed by atoms with Gasteiger partial charge in [0, 0.05) is 77.0 Å². The highest BCUT2D eigenvalue weighted by Crippen LogP contribution is 2.16. The molecule has 0 radical (unpaired) electrons. The number of hydrogen-bond donors (Lipinski definition) is 0. The Bertz CT molecular complexity index is 1030. The molecule has 1 saturated heterocycles. The summed E-state index contributed by atoms with van der Waals surface area (Å²) < 4.78 is 1.55. The highest BCUT2D eigenvalue weighted by molar-refractivity contribution is 5.57. The summed E-state index contributed by atoms with van der Waals surface area (Å²) in [5, 5.41) is 4.53. The van der Waals surface area contributed by atoms with E-state index in [0.29, 0.717) is 6.54 Å². The molecule has 0 saturated carbocycles. The van der Waals surface area contributed by atoms with Crippen LogP contribution in [0, 0.1) is 0 Å². The molecule has 0 spiro atoms. The summed E-state index contributed by atoms with van der Waals surface area (Å²) in [5.74, 6) is 1.67. The molecule has 1 aliphatic heterocycles. The van der Waals surface area contributed by atoms with Crippen molar-refractivity contribution in [2.24, 2.45) is 0 Å². The van der Waals surface area contributed by atoms with Crippen molar-refractivity contribution in [3.63, 3.8) is 0 Å². The van der Waals surface area contributed by atoms with Crippen LogP contribution in [0.3, 0.4) is 0 Å². The van der Waals surface area contributed by atoms with Gasteiger partial charge in [0.25, 0.3) is 5.56 Å². The Hall–Kier alpha value is -3.33. The second-order valence-electron chi connectivity index (χ2n) is 7.45. The summed E-state index contributed by atoms with van der Waals surface area (Å²) >= 11 is 0. The Balaban J connectivity index is 1.35. The van der Waals surface area contributed by atoms with Crippen molar-refractivity contribution in [3.05, 3.63) is 59.3 Å². The number of nitrogens with zero attached hydrogens (tertiary/aromatic N) is 8. The summed E-state index contributed by atoms with van der Waals surface area (Å²) in [5.41, 5.74) is 1.65. The van der Waals surface area contributed by atoms with E-state index in [0.717, 1.165) is 55.7 Å². The molecule has 0 aliphatic carbocycles. The molecule has 1 aliphatic rings. The van der Waals surface area contributed by atoms with Crippen molar-refractivity contribution in [3.8, 4) is 11.3 Å². The molecule has 0 bridgehead atoms. The standard InChI is InChI=1S/C21H26N8O/c1-26(2)21-23-10-7-19(24-21)28-14-11-27(12-15-28)13-16-29-20(30)4-3-18(25-29)17-5-8-22-9-6-17/h3-10H,11-16H2,1-2H3. The number of piperazine rings is 1. The summed E-state index contributed by atoms with van der Waals surface area (Å²) in [6.45, 7) is 4.97. The first-order valence-electron chi connectivity index (χ1n) is 10.1. The van der Waals surface area contributed by atoms with Gasteiger partial charge in [-0.3, -0.25) is 14.7 Å². The normalized spacial score (nSPS) is 14.7. The maximum Gasteiger partial charge on any atom is 0.266 e. The van der Waals surface area contributed by atoms with E-state index in [1.54, 1.807) is 35.4 Å². The van der Waals surface area contributed by atoms with Crippen LogP contribution in [0.5, 0.6) is 0 Å². The van der Waals surface area contributed by atoms with Crippen molar-refractivity contribution in [2.45, 2.75) is 6.54 Å². The van der Waals surface area contributed by atoms with Gasteiger partial charge in [-0.2, -0.15) is 10.1 Å². The van der Waals surface area contributed by atoms with Crippen molar-refractivity contribution >= 4 is 11.8 Å². The molecule has 0 amide bonds. The van der Waals surface area contributed by atoms with Crippen LogP contribution in [0.4, 0.5) is 11.8 Å². The highest BCUT2D eigenvalue weighted by atomic mass is 16.1. The molecule has 4 heterocycles. The van der Waals surface area contributed by atoms with Crippen LogP contribution in [0.2, 0.25) is 0 Å². The number of anilines is 2. The number of hydrogen-bond acceptors (Lipinski definition) is 8. The topological polar surface area (TPSA) is 83.3 Å². The van der Waals surface area contributed by atoms with E-state index in [1.807, 2.05) is 37.2 Å². The molecule has 0 unspecified atom stereocenters. The first kappa shape index (κ1) is 20.0. The van der Waals surface area contributed by atoms with E-state index in [1.165, 1.54) is 0 Å². The maximum absolute atomic E-state index is 12.2. The minimum atomic E-state index is -0.0800. The fourth-order valence-corrected chi connectivity index (χ4v) is 3.45. The largest absolute Gasteiger partial charge is 0.354 e. The molecular formula is C21H26N8O. The monoisotopic (exact) mass is 406 g/mol. The lowest BCUT2D eigenvalue weighted by Gasteiger charge is -2.35. The molecule has 1 fully saturated rings. The van der Waals surface area contributed by atoms with Gasteiger partial charge in [0.15, 0.2) is 0 Å². The third kappa shape index (κ3) is 4.62. The Kier molecular flexibility index (Phi) is 5.99. The van der Waals surface area contributed by atoms with Gasteiger partial charge < -0.3 is 9.80 Å². The zero-order valence-electron chi connectivity index (χ0n) is 17.3. The number of rotatable bonds is 6. The lowest BCUT2D eigenvalue weighted by Crippen LogP contribution is -2.48. The van der Waals surface area contributed by atoms with Crippen LogP contribution in [0.15, 0.2) is 53.7 Å². The van der Waals surface area contributed by atoms with Gasteiger partial charge in [0.2, 0.25) is 5.95 Å². The molecule has 156 valence electrons. The Labute approximate surface area is 175 Å². The van der Waals surface area contributed by atoms with Gasteiger partial charge in [-0.25, -0.2) is 9.67 Å². The molecule has 9 heteroatoms. The van der Waals surface area contributed by atoms with Gasteiger partial charge in [-0.1, -0.05) is 0 Å². The molecule has 30 heavy (non-hydrogen) atoms. The van der Waals surface area contributed by atoms with Crippen LogP contribution < -0.4 is 15.4 Å². The quantitative estimate of drug-likeness (QED) is 0.599. The van der Waals surface area contributed by atoms with Gasteiger partial charge in [0.05, 0.1) is 12.2 Å². The van der Waals surface area contributed by atoms with E-state index >= 15 is 0 Å². The van der Waals surface area contributed by atoms with Gasteiger partial charge in [-0.15, -0.1) is 0 Å². The van der Waals surface area contributed by atoms with Crippen LogP contribution in [0.25, 0.3) is 11.3 Å². The van der Waals surface area contributed by atoms with E-state index in [4.69, 9.17) is 0 Å². The maximum atomic E-state index is 12.2. The predicted octanol–water partition coefficient (Wildman–Crippen LogP) is 0.983. The molecule has 0 atom stereocenters. The second-order valence-corrected chi connectivity index (χ2v) is 7.45. The summed E-state index contributed by atoms with van der Waals surface area (Å²) in [4.78, 5) is 31.7. The van der Waals surface area contributed by atoms with Crippen LogP contribution in [-0.4, -0.2) is 76.5 Å². The third-order valence-corrected chi connectivity index (χ3v) is 5.20. The molecule has 9 nitrogen and oxygen atoms in total. The number of pyridine rings is 1. The van der Waals surface area contributed by atoms with E-state index in [9.17, 15) is 4.79 Å². The first-order valence-corrected chi connectivity index (χ1v) is 10.1. The molecule has 4 rings (SSSR count). The average molecular weight is 406 g/mol. The van der Waals surface area contributed by atoms with Crippen LogP contribution in [0.1, 0.15) is 0 Å². The predicted molar refractivity (Wildman–Crippen MR) is 117 cm³/mol. The minimum absolute atomic E-state index is 0.0800. The zero-order chi connectivity index (χ0) is 20.9. The second kappa shape index (κ2) is 9.00. The first-order chi connectivity index (χ1) is 14.6. The van der Waals surface area contributed by atoms with Crippen LogP contribution in [-0.2, 0) is 6.54 Å². The molecule has 3 aromatic heterocycles. The van der Waals surface area contributed by atoms with Crippen molar-refractivity contribution in [1.82, 2.24) is 29.6 Å². The van der Waals surface area contributed by atoms with Crippen LogP contribution >= 0.6 is 0 Å². The van der Waals surface area contributed by atoms with Crippen molar-refractivity contribution < 1.29 is 0 Å². The fraction of sp³-hybridized carbons (Fsp3) is 0.381. The van der Waals surface area contributed by atoms with E-state index < -0.39 is 0 Å². The van der Waals surface area contributed by atoms with Gasteiger partial charge >= 0.3 is 0 Å². The van der Waals surface area contributed by atoms with E-state index in [2.05, 4.69) is 29.9 Å². The smallest absolute Gasteiger partial charge is 0.266 e. The fourth-order valence-electron chi connectivity index (χ4n) is 3.45. The summed E-state index contributed by atoms with van der Waals surface area (Å²) in [6.07, 6.45) is 5.26. The van der Waals surface area contributed by atoms with Crippen molar-refractivity contribution in [2.75, 3.05) is 56.6 Å². The SMILES string of the molecule is CN(C)c1nccc(N2CCN(CCn3nc(-c4ccncc4)ccc3=O)CC2)n1. The molecule has 0 aromatic carbocycles. The Morgan fingerprint density at radius 3 is 2.43 bits per heavy atom. The lowest BCUT2D eigenvalue weighted by molar-refractivity contribution is 0.242. The average Bonchev–Trinajstić information content (AvgIpc) is 2.79. The number of aromatic nitrogens is 5. The van der Waals surface area contributed by atoms with E-state index in [-0.39, 0.29) is 5.56 Å².